The van der Waals surface area contributed by atoms with Crippen molar-refractivity contribution >= 4 is 59.7 Å². The van der Waals surface area contributed by atoms with E-state index < -0.39 is 0 Å². The predicted molar refractivity (Wildman–Crippen MR) is 141 cm³/mol. The Labute approximate surface area is 198 Å². The largest absolute Gasteiger partial charge is 0.308 e. The number of benzene rings is 4. The average Bonchev–Trinajstić information content (AvgIpc) is 3.37. The molecule has 33 heavy (non-hydrogen) atoms. The van der Waals surface area contributed by atoms with Crippen LogP contribution in [0.4, 0.5) is 0 Å². The smallest absolute Gasteiger partial charge is 0.145 e. The Bertz CT molecular complexity index is 1790. The Morgan fingerprint density at radius 1 is 0.545 bits per heavy atom. The molecule has 7 rings (SSSR count). The summed E-state index contributed by atoms with van der Waals surface area (Å²) in [5, 5.41) is 4.85. The van der Waals surface area contributed by atoms with Crippen LogP contribution in [0.1, 0.15) is 0 Å². The SMILES string of the molecule is Brc1ccccc1-n1c2ccccc2c2cc(-n3c4ccccc4c4cccnc43)ccc21. The molecule has 0 amide bonds. The number of nitrogens with zero attached hydrogens (tertiary/aromatic N) is 3. The van der Waals surface area contributed by atoms with Crippen LogP contribution in [-0.4, -0.2) is 14.1 Å². The molecule has 4 aromatic carbocycles. The van der Waals surface area contributed by atoms with Crippen molar-refractivity contribution in [2.24, 2.45) is 0 Å². The maximum atomic E-state index is 4.75. The van der Waals surface area contributed by atoms with Crippen molar-refractivity contribution < 1.29 is 0 Å². The van der Waals surface area contributed by atoms with Crippen molar-refractivity contribution in [3.63, 3.8) is 0 Å². The topological polar surface area (TPSA) is 22.8 Å². The summed E-state index contributed by atoms with van der Waals surface area (Å²) < 4.78 is 5.68. The predicted octanol–water partition coefficient (Wildman–Crippen LogP) is 8.04. The third-order valence-corrected chi connectivity index (χ3v) is 7.11. The monoisotopic (exact) mass is 487 g/mol. The molecule has 0 saturated carbocycles. The van der Waals surface area contributed by atoms with E-state index in [4.69, 9.17) is 4.98 Å². The Hall–Kier alpha value is -3.89. The van der Waals surface area contributed by atoms with E-state index in [0.717, 1.165) is 21.5 Å². The fraction of sp³-hybridized carbons (Fsp3) is 0. The van der Waals surface area contributed by atoms with Crippen LogP contribution in [0.15, 0.2) is 114 Å². The van der Waals surface area contributed by atoms with Gasteiger partial charge in [0, 0.05) is 37.9 Å². The minimum absolute atomic E-state index is 0.979. The Morgan fingerprint density at radius 2 is 1.18 bits per heavy atom. The van der Waals surface area contributed by atoms with Crippen molar-refractivity contribution in [3.05, 3.63) is 114 Å². The highest BCUT2D eigenvalue weighted by Gasteiger charge is 2.17. The number of hydrogen-bond donors (Lipinski definition) is 0. The molecule has 4 heteroatoms. The van der Waals surface area contributed by atoms with Gasteiger partial charge in [0.1, 0.15) is 5.65 Å². The Morgan fingerprint density at radius 3 is 2.00 bits per heavy atom. The van der Waals surface area contributed by atoms with Crippen LogP contribution in [0.5, 0.6) is 0 Å². The van der Waals surface area contributed by atoms with Crippen LogP contribution in [-0.2, 0) is 0 Å². The van der Waals surface area contributed by atoms with Gasteiger partial charge in [-0.3, -0.25) is 4.57 Å². The van der Waals surface area contributed by atoms with E-state index >= 15 is 0 Å². The summed E-state index contributed by atoms with van der Waals surface area (Å²) in [5.74, 6) is 0. The molecule has 0 radical (unpaired) electrons. The van der Waals surface area contributed by atoms with Crippen molar-refractivity contribution in [3.8, 4) is 11.4 Å². The summed E-state index contributed by atoms with van der Waals surface area (Å²) in [5.41, 5.74) is 6.77. The number of fused-ring (bicyclic) bond motifs is 6. The zero-order chi connectivity index (χ0) is 21.9. The number of hydrogen-bond acceptors (Lipinski definition) is 1. The molecule has 0 aliphatic heterocycles. The molecule has 0 spiro atoms. The number of pyridine rings is 1. The zero-order valence-electron chi connectivity index (χ0n) is 17.6. The van der Waals surface area contributed by atoms with Gasteiger partial charge >= 0.3 is 0 Å². The fourth-order valence-corrected chi connectivity index (χ4v) is 5.51. The van der Waals surface area contributed by atoms with Gasteiger partial charge in [0.2, 0.25) is 0 Å². The molecule has 0 N–H and O–H groups in total. The van der Waals surface area contributed by atoms with Gasteiger partial charge < -0.3 is 4.57 Å². The van der Waals surface area contributed by atoms with Gasteiger partial charge in [0.25, 0.3) is 0 Å². The molecule has 3 nitrogen and oxygen atoms in total. The molecule has 0 saturated heterocycles. The van der Waals surface area contributed by atoms with E-state index in [9.17, 15) is 0 Å². The molecule has 0 aliphatic carbocycles. The molecule has 0 atom stereocenters. The van der Waals surface area contributed by atoms with Crippen LogP contribution in [0, 0.1) is 0 Å². The third-order valence-electron chi connectivity index (χ3n) is 6.44. The van der Waals surface area contributed by atoms with Crippen molar-refractivity contribution in [1.29, 1.82) is 0 Å². The van der Waals surface area contributed by atoms with E-state index in [-0.39, 0.29) is 0 Å². The molecule has 0 bridgehead atoms. The second-order valence-electron chi connectivity index (χ2n) is 8.23. The first-order valence-corrected chi connectivity index (χ1v) is 11.7. The van der Waals surface area contributed by atoms with Crippen molar-refractivity contribution in [2.45, 2.75) is 0 Å². The van der Waals surface area contributed by atoms with Crippen LogP contribution in [0.2, 0.25) is 0 Å². The highest BCUT2D eigenvalue weighted by atomic mass is 79.9. The summed E-state index contributed by atoms with van der Waals surface area (Å²) in [6.45, 7) is 0. The van der Waals surface area contributed by atoms with E-state index in [1.165, 1.54) is 38.1 Å². The van der Waals surface area contributed by atoms with Crippen LogP contribution < -0.4 is 0 Å². The van der Waals surface area contributed by atoms with E-state index in [1.54, 1.807) is 0 Å². The zero-order valence-corrected chi connectivity index (χ0v) is 19.2. The van der Waals surface area contributed by atoms with E-state index in [2.05, 4.69) is 122 Å². The maximum absolute atomic E-state index is 4.75. The summed E-state index contributed by atoms with van der Waals surface area (Å²) in [6.07, 6.45) is 1.87. The molecule has 3 heterocycles. The normalized spacial score (nSPS) is 11.8. The summed E-state index contributed by atoms with van der Waals surface area (Å²) in [7, 11) is 0. The van der Waals surface area contributed by atoms with Gasteiger partial charge in [-0.1, -0.05) is 48.5 Å². The standard InChI is InChI=1S/C29H18BrN3/c30-24-11-3-6-14-28(24)33-26-13-5-2-9-21(26)23-18-19(15-16-27(23)33)32-25-12-4-1-8-20(25)22-10-7-17-31-29(22)32/h1-18H. The van der Waals surface area contributed by atoms with Gasteiger partial charge in [0.05, 0.1) is 22.2 Å². The number of rotatable bonds is 2. The lowest BCUT2D eigenvalue weighted by molar-refractivity contribution is 1.13. The van der Waals surface area contributed by atoms with Gasteiger partial charge in [0.15, 0.2) is 0 Å². The molecule has 7 aromatic rings. The molecule has 156 valence electrons. The molecule has 0 unspecified atom stereocenters. The van der Waals surface area contributed by atoms with E-state index in [0.29, 0.717) is 0 Å². The van der Waals surface area contributed by atoms with Crippen molar-refractivity contribution in [1.82, 2.24) is 14.1 Å². The van der Waals surface area contributed by atoms with Gasteiger partial charge in [-0.25, -0.2) is 4.98 Å². The number of halogens is 1. The highest BCUT2D eigenvalue weighted by molar-refractivity contribution is 9.10. The maximum Gasteiger partial charge on any atom is 0.145 e. The Kier molecular flexibility index (Phi) is 3.99. The van der Waals surface area contributed by atoms with Crippen LogP contribution in [0.25, 0.3) is 55.1 Å². The fourth-order valence-electron chi connectivity index (χ4n) is 5.05. The third kappa shape index (κ3) is 2.65. The number of para-hydroxylation sites is 3. The first kappa shape index (κ1) is 18.7. The average molecular weight is 488 g/mol. The first-order chi connectivity index (χ1) is 16.3. The van der Waals surface area contributed by atoms with E-state index in [1.807, 2.05) is 12.3 Å². The van der Waals surface area contributed by atoms with Gasteiger partial charge in [-0.2, -0.15) is 0 Å². The molecular formula is C29H18BrN3. The summed E-state index contributed by atoms with van der Waals surface area (Å²) >= 11 is 3.76. The quantitative estimate of drug-likeness (QED) is 0.242. The minimum Gasteiger partial charge on any atom is -0.308 e. The lowest BCUT2D eigenvalue weighted by Crippen LogP contribution is -1.97. The number of aromatic nitrogens is 3. The minimum atomic E-state index is 0.979. The molecule has 0 fully saturated rings. The van der Waals surface area contributed by atoms with Gasteiger partial charge in [-0.05, 0) is 70.5 Å². The summed E-state index contributed by atoms with van der Waals surface area (Å²) in [4.78, 5) is 4.75. The molecule has 0 aliphatic rings. The van der Waals surface area contributed by atoms with Gasteiger partial charge in [-0.15, -0.1) is 0 Å². The lowest BCUT2D eigenvalue weighted by Gasteiger charge is -2.11. The molecular weight excluding hydrogens is 470 g/mol. The first-order valence-electron chi connectivity index (χ1n) is 10.9. The second kappa shape index (κ2) is 7.06. The van der Waals surface area contributed by atoms with Crippen LogP contribution in [0.3, 0.4) is 0 Å². The highest BCUT2D eigenvalue weighted by Crippen LogP contribution is 2.37. The Balaban J connectivity index is 1.59. The van der Waals surface area contributed by atoms with Crippen molar-refractivity contribution in [2.75, 3.05) is 0 Å². The van der Waals surface area contributed by atoms with Crippen LogP contribution >= 0.6 is 15.9 Å². The lowest BCUT2D eigenvalue weighted by atomic mass is 10.1. The summed E-state index contributed by atoms with van der Waals surface area (Å²) in [6, 6.07) is 36.4. The molecule has 3 aromatic heterocycles. The second-order valence-corrected chi connectivity index (χ2v) is 9.09.